The zero-order valence-corrected chi connectivity index (χ0v) is 15.4. The van der Waals surface area contributed by atoms with Crippen molar-refractivity contribution in [2.45, 2.75) is 0 Å². The number of nitrogens with zero attached hydrogens (tertiary/aromatic N) is 6. The summed E-state index contributed by atoms with van der Waals surface area (Å²) in [5.74, 6) is 0.588. The van der Waals surface area contributed by atoms with Crippen molar-refractivity contribution in [2.75, 3.05) is 44.2 Å². The zero-order chi connectivity index (χ0) is 19.5. The van der Waals surface area contributed by atoms with Crippen LogP contribution in [0.25, 0.3) is 0 Å². The molecule has 1 fully saturated rings. The molecule has 1 saturated heterocycles. The van der Waals surface area contributed by atoms with Gasteiger partial charge in [0.1, 0.15) is 0 Å². The van der Waals surface area contributed by atoms with Crippen molar-refractivity contribution in [2.24, 2.45) is 10.7 Å². The largest absolute Gasteiger partial charge is 0.370 e. The lowest BCUT2D eigenvalue weighted by Crippen LogP contribution is -2.51. The molecule has 0 aliphatic carbocycles. The molecule has 0 atom stereocenters. The number of amides is 2. The molecule has 2 aromatic rings. The number of hydrogen-bond donors (Lipinski definition) is 1. The first-order chi connectivity index (χ1) is 13.6. The van der Waals surface area contributed by atoms with E-state index in [1.54, 1.807) is 42.7 Å². The van der Waals surface area contributed by atoms with Gasteiger partial charge in [0, 0.05) is 45.1 Å². The molecule has 2 aliphatic heterocycles. The average molecular weight is 379 g/mol. The van der Waals surface area contributed by atoms with Crippen LogP contribution >= 0.6 is 0 Å². The van der Waals surface area contributed by atoms with Crippen LogP contribution in [0.4, 0.5) is 5.95 Å². The number of carbonyl (C=O) groups is 2. The summed E-state index contributed by atoms with van der Waals surface area (Å²) in [6.07, 6.45) is 3.45. The van der Waals surface area contributed by atoms with Gasteiger partial charge in [0.25, 0.3) is 11.8 Å². The van der Waals surface area contributed by atoms with Gasteiger partial charge in [-0.05, 0) is 18.2 Å². The number of aliphatic imine (C=N–C) groups is 1. The lowest BCUT2D eigenvalue weighted by molar-refractivity contribution is 0.0659. The molecule has 144 valence electrons. The number of guanidine groups is 1. The summed E-state index contributed by atoms with van der Waals surface area (Å²) in [5, 5.41) is 0. The number of anilines is 1. The molecule has 0 radical (unpaired) electrons. The molecule has 4 rings (SSSR count). The fourth-order valence-electron chi connectivity index (χ4n) is 3.40. The van der Waals surface area contributed by atoms with E-state index in [9.17, 15) is 9.59 Å². The van der Waals surface area contributed by atoms with Gasteiger partial charge >= 0.3 is 0 Å². The van der Waals surface area contributed by atoms with Crippen LogP contribution in [0.15, 0.2) is 47.7 Å². The summed E-state index contributed by atoms with van der Waals surface area (Å²) in [4.78, 5) is 42.9. The lowest BCUT2D eigenvalue weighted by atomic mass is 10.1. The highest BCUT2D eigenvalue weighted by Gasteiger charge is 2.34. The maximum atomic E-state index is 12.4. The van der Waals surface area contributed by atoms with E-state index in [0.717, 1.165) is 13.1 Å². The number of nitrogens with two attached hydrogens (primary N) is 1. The van der Waals surface area contributed by atoms with E-state index in [-0.39, 0.29) is 24.9 Å². The molecular formula is C19H21N7O2. The highest BCUT2D eigenvalue weighted by atomic mass is 16.2. The fourth-order valence-corrected chi connectivity index (χ4v) is 3.40. The molecule has 9 heteroatoms. The highest BCUT2D eigenvalue weighted by molar-refractivity contribution is 6.21. The Morgan fingerprint density at radius 3 is 2.18 bits per heavy atom. The maximum absolute atomic E-state index is 12.4. The summed E-state index contributed by atoms with van der Waals surface area (Å²) in [7, 11) is 0. The standard InChI is InChI=1S/C19H21N7O2/c20-18(24-10-12-25(13-11-24)19-22-6-3-7-23-19)21-8-9-26-16(27)14-4-1-2-5-15(14)17(26)28/h1-7H,8-13H2,(H2,20,21). The van der Waals surface area contributed by atoms with E-state index < -0.39 is 0 Å². The van der Waals surface area contributed by atoms with Gasteiger partial charge in [-0.15, -0.1) is 0 Å². The van der Waals surface area contributed by atoms with Crippen LogP contribution in [-0.2, 0) is 0 Å². The molecule has 9 nitrogen and oxygen atoms in total. The van der Waals surface area contributed by atoms with Gasteiger partial charge in [0.15, 0.2) is 5.96 Å². The second-order valence-corrected chi connectivity index (χ2v) is 6.57. The van der Waals surface area contributed by atoms with Crippen molar-refractivity contribution >= 4 is 23.7 Å². The smallest absolute Gasteiger partial charge is 0.261 e. The van der Waals surface area contributed by atoms with Gasteiger partial charge in [-0.3, -0.25) is 19.5 Å². The van der Waals surface area contributed by atoms with E-state index >= 15 is 0 Å². The van der Waals surface area contributed by atoms with Crippen LogP contribution in [0, 0.1) is 0 Å². The molecule has 2 aliphatic rings. The van der Waals surface area contributed by atoms with Crippen molar-refractivity contribution in [3.05, 3.63) is 53.9 Å². The number of fused-ring (bicyclic) bond motifs is 1. The van der Waals surface area contributed by atoms with Crippen LogP contribution in [0.1, 0.15) is 20.7 Å². The summed E-state index contributed by atoms with van der Waals surface area (Å²) in [6.45, 7) is 3.41. The fraction of sp³-hybridized carbons (Fsp3) is 0.316. The van der Waals surface area contributed by atoms with Gasteiger partial charge in [0.05, 0.1) is 17.7 Å². The number of carbonyl (C=O) groups excluding carboxylic acids is 2. The van der Waals surface area contributed by atoms with Crippen LogP contribution < -0.4 is 10.6 Å². The molecule has 0 unspecified atom stereocenters. The predicted octanol–water partition coefficient (Wildman–Crippen LogP) is 0.209. The number of aromatic nitrogens is 2. The monoisotopic (exact) mass is 379 g/mol. The van der Waals surface area contributed by atoms with Crippen molar-refractivity contribution in [1.82, 2.24) is 19.8 Å². The van der Waals surface area contributed by atoms with Gasteiger partial charge in [-0.2, -0.15) is 0 Å². The van der Waals surface area contributed by atoms with Crippen molar-refractivity contribution in [3.63, 3.8) is 0 Å². The Bertz CT molecular complexity index is 873. The van der Waals surface area contributed by atoms with Gasteiger partial charge in [0.2, 0.25) is 5.95 Å². The third-order valence-electron chi connectivity index (χ3n) is 4.91. The van der Waals surface area contributed by atoms with E-state index in [1.807, 2.05) is 4.90 Å². The molecule has 0 saturated carbocycles. The van der Waals surface area contributed by atoms with Gasteiger partial charge < -0.3 is 15.5 Å². The van der Waals surface area contributed by atoms with Crippen LogP contribution in [0.5, 0.6) is 0 Å². The van der Waals surface area contributed by atoms with Gasteiger partial charge in [-0.25, -0.2) is 9.97 Å². The second-order valence-electron chi connectivity index (χ2n) is 6.57. The van der Waals surface area contributed by atoms with E-state index in [1.165, 1.54) is 4.90 Å². The number of piperazine rings is 1. The number of rotatable bonds is 4. The molecule has 0 spiro atoms. The van der Waals surface area contributed by atoms with Crippen LogP contribution in [0.3, 0.4) is 0 Å². The Hall–Kier alpha value is -3.49. The van der Waals surface area contributed by atoms with E-state index in [4.69, 9.17) is 5.73 Å². The minimum absolute atomic E-state index is 0.213. The Morgan fingerprint density at radius 2 is 1.57 bits per heavy atom. The average Bonchev–Trinajstić information content (AvgIpc) is 2.99. The van der Waals surface area contributed by atoms with E-state index in [2.05, 4.69) is 19.9 Å². The lowest BCUT2D eigenvalue weighted by Gasteiger charge is -2.35. The minimum atomic E-state index is -0.272. The second kappa shape index (κ2) is 7.63. The SMILES string of the molecule is NC(=NCCN1C(=O)c2ccccc2C1=O)N1CCN(c2ncccn2)CC1. The zero-order valence-electron chi connectivity index (χ0n) is 15.4. The first-order valence-corrected chi connectivity index (χ1v) is 9.17. The number of benzene rings is 1. The minimum Gasteiger partial charge on any atom is -0.370 e. The summed E-state index contributed by atoms with van der Waals surface area (Å²) in [6, 6.07) is 8.64. The quantitative estimate of drug-likeness (QED) is 0.460. The molecule has 2 amide bonds. The molecular weight excluding hydrogens is 358 g/mol. The Balaban J connectivity index is 1.30. The first kappa shape index (κ1) is 17.9. The number of imide groups is 1. The van der Waals surface area contributed by atoms with Crippen LogP contribution in [0.2, 0.25) is 0 Å². The summed E-state index contributed by atoms with van der Waals surface area (Å²) in [5.41, 5.74) is 7.00. The van der Waals surface area contributed by atoms with Crippen molar-refractivity contribution < 1.29 is 9.59 Å². The first-order valence-electron chi connectivity index (χ1n) is 9.17. The Labute approximate surface area is 162 Å². The van der Waals surface area contributed by atoms with Crippen molar-refractivity contribution in [1.29, 1.82) is 0 Å². The third-order valence-corrected chi connectivity index (χ3v) is 4.91. The topological polar surface area (TPSA) is 108 Å². The molecule has 2 N–H and O–H groups in total. The maximum Gasteiger partial charge on any atom is 0.261 e. The van der Waals surface area contributed by atoms with Gasteiger partial charge in [-0.1, -0.05) is 12.1 Å². The predicted molar refractivity (Wildman–Crippen MR) is 104 cm³/mol. The van der Waals surface area contributed by atoms with Crippen LogP contribution in [-0.4, -0.2) is 76.8 Å². The third kappa shape index (κ3) is 3.38. The Morgan fingerprint density at radius 1 is 0.964 bits per heavy atom. The van der Waals surface area contributed by atoms with Crippen molar-refractivity contribution in [3.8, 4) is 0 Å². The molecule has 1 aromatic carbocycles. The molecule has 0 bridgehead atoms. The van der Waals surface area contributed by atoms with E-state index in [0.29, 0.717) is 36.1 Å². The Kier molecular flexibility index (Phi) is 4.88. The highest BCUT2D eigenvalue weighted by Crippen LogP contribution is 2.21. The number of hydrogen-bond acceptors (Lipinski definition) is 6. The normalized spacial score (nSPS) is 17.3. The molecule has 3 heterocycles. The summed E-state index contributed by atoms with van der Waals surface area (Å²) < 4.78 is 0. The molecule has 1 aromatic heterocycles. The summed E-state index contributed by atoms with van der Waals surface area (Å²) >= 11 is 0. The molecule has 28 heavy (non-hydrogen) atoms.